The normalized spacial score (nSPS) is 17.2. The molecule has 5 nitrogen and oxygen atoms in total. The predicted octanol–water partition coefficient (Wildman–Crippen LogP) is 1.73. The molecule has 1 aliphatic heterocycles. The average molecular weight is 331 g/mol. The molecule has 1 aromatic heterocycles. The molecule has 1 fully saturated rings. The number of nitrogens with zero attached hydrogens (tertiary/aromatic N) is 3. The summed E-state index contributed by atoms with van der Waals surface area (Å²) in [5.74, 6) is 0.0775. The molecule has 1 saturated heterocycles. The van der Waals surface area contributed by atoms with Gasteiger partial charge in [-0.15, -0.1) is 0 Å². The van der Waals surface area contributed by atoms with Gasteiger partial charge in [0, 0.05) is 38.9 Å². The van der Waals surface area contributed by atoms with Crippen molar-refractivity contribution in [1.82, 2.24) is 14.2 Å². The smallest absolute Gasteiger partial charge is 0.218 e. The van der Waals surface area contributed by atoms with E-state index in [0.29, 0.717) is 13.1 Å². The van der Waals surface area contributed by atoms with Crippen molar-refractivity contribution in [3.63, 3.8) is 0 Å². The van der Waals surface area contributed by atoms with Crippen LogP contribution in [0.1, 0.15) is 11.3 Å². The fourth-order valence-electron chi connectivity index (χ4n) is 2.76. The highest BCUT2D eigenvalue weighted by atomic mass is 32.2. The fraction of sp³-hybridized carbons (Fsp3) is 0.353. The quantitative estimate of drug-likeness (QED) is 0.837. The molecule has 0 bridgehead atoms. The zero-order valence-corrected chi connectivity index (χ0v) is 13.8. The first-order chi connectivity index (χ1) is 11.1. The minimum Gasteiger partial charge on any atom is -0.295 e. The molecule has 0 aliphatic carbocycles. The lowest BCUT2D eigenvalue weighted by atomic mass is 10.2. The molecule has 0 amide bonds. The first-order valence-corrected chi connectivity index (χ1v) is 9.38. The summed E-state index contributed by atoms with van der Waals surface area (Å²) in [6.07, 6.45) is 1.79. The van der Waals surface area contributed by atoms with Crippen molar-refractivity contribution in [2.24, 2.45) is 0 Å². The second-order valence-electron chi connectivity index (χ2n) is 5.74. The Labute approximate surface area is 137 Å². The highest BCUT2D eigenvalue weighted by Crippen LogP contribution is 2.14. The van der Waals surface area contributed by atoms with Gasteiger partial charge >= 0.3 is 0 Å². The molecule has 3 rings (SSSR count). The summed E-state index contributed by atoms with van der Waals surface area (Å²) < 4.78 is 26.6. The Bertz CT molecular complexity index is 712. The van der Waals surface area contributed by atoms with E-state index in [1.807, 2.05) is 48.5 Å². The summed E-state index contributed by atoms with van der Waals surface area (Å²) in [5, 5.41) is 0. The maximum absolute atomic E-state index is 12.5. The van der Waals surface area contributed by atoms with Crippen LogP contribution in [0.5, 0.6) is 0 Å². The Morgan fingerprint density at radius 2 is 1.61 bits per heavy atom. The molecule has 0 atom stereocenters. The topological polar surface area (TPSA) is 53.5 Å². The van der Waals surface area contributed by atoms with Crippen LogP contribution in [-0.2, 0) is 22.3 Å². The molecule has 0 unspecified atom stereocenters. The monoisotopic (exact) mass is 331 g/mol. The lowest BCUT2D eigenvalue weighted by Gasteiger charge is -2.33. The number of hydrogen-bond acceptors (Lipinski definition) is 4. The first kappa shape index (κ1) is 16.1. The van der Waals surface area contributed by atoms with E-state index in [1.165, 1.54) is 0 Å². The van der Waals surface area contributed by atoms with Gasteiger partial charge in [-0.3, -0.25) is 9.88 Å². The van der Waals surface area contributed by atoms with Crippen molar-refractivity contribution >= 4 is 10.0 Å². The summed E-state index contributed by atoms with van der Waals surface area (Å²) in [5.41, 5.74) is 1.86. The van der Waals surface area contributed by atoms with Crippen LogP contribution in [0.4, 0.5) is 0 Å². The van der Waals surface area contributed by atoms with Crippen molar-refractivity contribution < 1.29 is 8.42 Å². The molecule has 23 heavy (non-hydrogen) atoms. The number of piperazine rings is 1. The number of pyridine rings is 1. The molecule has 1 aliphatic rings. The summed E-state index contributed by atoms with van der Waals surface area (Å²) in [4.78, 5) is 6.57. The Balaban J connectivity index is 1.56. The second kappa shape index (κ2) is 7.21. The molecule has 0 saturated carbocycles. The number of benzene rings is 1. The van der Waals surface area contributed by atoms with E-state index in [2.05, 4.69) is 9.88 Å². The Morgan fingerprint density at radius 3 is 2.26 bits per heavy atom. The van der Waals surface area contributed by atoms with E-state index in [1.54, 1.807) is 10.5 Å². The van der Waals surface area contributed by atoms with Crippen molar-refractivity contribution in [1.29, 1.82) is 0 Å². The van der Waals surface area contributed by atoms with Crippen molar-refractivity contribution in [3.8, 4) is 0 Å². The molecule has 0 spiro atoms. The van der Waals surface area contributed by atoms with Gasteiger partial charge in [-0.05, 0) is 17.7 Å². The third kappa shape index (κ3) is 4.37. The van der Waals surface area contributed by atoms with Gasteiger partial charge in [0.05, 0.1) is 11.4 Å². The SMILES string of the molecule is O=S(=O)(Cc1ccccc1)N1CCN(Cc2ccccn2)CC1. The van der Waals surface area contributed by atoms with Gasteiger partial charge in [-0.2, -0.15) is 4.31 Å². The van der Waals surface area contributed by atoms with Crippen LogP contribution in [0.3, 0.4) is 0 Å². The van der Waals surface area contributed by atoms with Gasteiger partial charge in [-0.25, -0.2) is 8.42 Å². The lowest BCUT2D eigenvalue weighted by molar-refractivity contribution is 0.180. The summed E-state index contributed by atoms with van der Waals surface area (Å²) in [7, 11) is -3.24. The largest absolute Gasteiger partial charge is 0.295 e. The molecule has 0 radical (unpaired) electrons. The average Bonchev–Trinajstić information content (AvgIpc) is 2.57. The Hall–Kier alpha value is -1.76. The van der Waals surface area contributed by atoms with Crippen LogP contribution in [0.2, 0.25) is 0 Å². The van der Waals surface area contributed by atoms with E-state index in [-0.39, 0.29) is 5.75 Å². The number of rotatable bonds is 5. The third-order valence-corrected chi connectivity index (χ3v) is 5.88. The minimum atomic E-state index is -3.24. The van der Waals surface area contributed by atoms with Crippen LogP contribution < -0.4 is 0 Å². The molecule has 2 aromatic rings. The zero-order chi connectivity index (χ0) is 16.1. The van der Waals surface area contributed by atoms with Crippen molar-refractivity contribution in [2.45, 2.75) is 12.3 Å². The predicted molar refractivity (Wildman–Crippen MR) is 90.2 cm³/mol. The maximum atomic E-state index is 12.5. The van der Waals surface area contributed by atoms with Crippen molar-refractivity contribution in [2.75, 3.05) is 26.2 Å². The van der Waals surface area contributed by atoms with Gasteiger partial charge in [0.1, 0.15) is 0 Å². The molecule has 122 valence electrons. The second-order valence-corrected chi connectivity index (χ2v) is 7.71. The van der Waals surface area contributed by atoms with Crippen LogP contribution in [0, 0.1) is 0 Å². The molecule has 6 heteroatoms. The third-order valence-electron chi connectivity index (χ3n) is 4.03. The highest BCUT2D eigenvalue weighted by Gasteiger charge is 2.27. The number of hydrogen-bond donors (Lipinski definition) is 0. The van der Waals surface area contributed by atoms with E-state index in [9.17, 15) is 8.42 Å². The summed E-state index contributed by atoms with van der Waals surface area (Å²) in [6, 6.07) is 15.2. The molecule has 1 aromatic carbocycles. The molecular formula is C17H21N3O2S. The molecule has 0 N–H and O–H groups in total. The standard InChI is InChI=1S/C17H21N3O2S/c21-23(22,15-16-6-2-1-3-7-16)20-12-10-19(11-13-20)14-17-8-4-5-9-18-17/h1-9H,10-15H2. The van der Waals surface area contributed by atoms with E-state index < -0.39 is 10.0 Å². The van der Waals surface area contributed by atoms with Gasteiger partial charge in [0.2, 0.25) is 10.0 Å². The number of sulfonamides is 1. The van der Waals surface area contributed by atoms with E-state index in [0.717, 1.165) is 30.9 Å². The molecular weight excluding hydrogens is 310 g/mol. The van der Waals surface area contributed by atoms with Gasteiger partial charge in [0.15, 0.2) is 0 Å². The zero-order valence-electron chi connectivity index (χ0n) is 13.0. The first-order valence-electron chi connectivity index (χ1n) is 7.77. The Morgan fingerprint density at radius 1 is 0.913 bits per heavy atom. The van der Waals surface area contributed by atoms with E-state index >= 15 is 0 Å². The maximum Gasteiger partial charge on any atom is 0.218 e. The van der Waals surface area contributed by atoms with E-state index in [4.69, 9.17) is 0 Å². The summed E-state index contributed by atoms with van der Waals surface area (Å²) in [6.45, 7) is 3.34. The summed E-state index contributed by atoms with van der Waals surface area (Å²) >= 11 is 0. The number of aromatic nitrogens is 1. The minimum absolute atomic E-state index is 0.0775. The van der Waals surface area contributed by atoms with Crippen LogP contribution in [-0.4, -0.2) is 48.8 Å². The van der Waals surface area contributed by atoms with Crippen molar-refractivity contribution in [3.05, 3.63) is 66.0 Å². The highest BCUT2D eigenvalue weighted by molar-refractivity contribution is 7.88. The van der Waals surface area contributed by atoms with Crippen LogP contribution in [0.25, 0.3) is 0 Å². The van der Waals surface area contributed by atoms with Gasteiger partial charge < -0.3 is 0 Å². The van der Waals surface area contributed by atoms with Gasteiger partial charge in [0.25, 0.3) is 0 Å². The molecule has 2 heterocycles. The van der Waals surface area contributed by atoms with Crippen LogP contribution >= 0.6 is 0 Å². The fourth-order valence-corrected chi connectivity index (χ4v) is 4.28. The Kier molecular flexibility index (Phi) is 5.05. The van der Waals surface area contributed by atoms with Gasteiger partial charge in [-0.1, -0.05) is 36.4 Å². The van der Waals surface area contributed by atoms with Crippen LogP contribution in [0.15, 0.2) is 54.7 Å². The lowest BCUT2D eigenvalue weighted by Crippen LogP contribution is -2.48.